The van der Waals surface area contributed by atoms with Crippen molar-refractivity contribution in [3.63, 3.8) is 0 Å². The van der Waals surface area contributed by atoms with E-state index < -0.39 is 5.41 Å². The number of piperidine rings is 1. The molecule has 3 atom stereocenters. The third-order valence-corrected chi connectivity index (χ3v) is 6.78. The van der Waals surface area contributed by atoms with Crippen molar-refractivity contribution in [3.05, 3.63) is 71.0 Å². The monoisotopic (exact) mass is 431 g/mol. The van der Waals surface area contributed by atoms with E-state index in [1.54, 1.807) is 11.8 Å². The highest BCUT2D eigenvalue weighted by Crippen LogP contribution is 2.51. The number of rotatable bonds is 4. The van der Waals surface area contributed by atoms with Crippen molar-refractivity contribution in [2.75, 3.05) is 12.0 Å². The Morgan fingerprint density at radius 3 is 2.66 bits per heavy atom. The minimum Gasteiger partial charge on any atom is -0.497 e. The summed E-state index contributed by atoms with van der Waals surface area (Å²) in [6.07, 6.45) is 3.37. The van der Waals surface area contributed by atoms with E-state index in [9.17, 15) is 4.79 Å². The van der Waals surface area contributed by atoms with Crippen LogP contribution < -0.4 is 15.0 Å². The Morgan fingerprint density at radius 2 is 1.97 bits per heavy atom. The second-order valence-corrected chi connectivity index (χ2v) is 9.19. The molecule has 0 bridgehead atoms. The van der Waals surface area contributed by atoms with Crippen molar-refractivity contribution in [2.45, 2.75) is 50.7 Å². The van der Waals surface area contributed by atoms with Crippen molar-refractivity contribution < 1.29 is 9.53 Å². The minimum atomic E-state index is -0.567. The zero-order valence-corrected chi connectivity index (χ0v) is 19.0. The molecule has 0 saturated carbocycles. The standard InChI is InChI=1S/C25H29N5O2/c1-16-5-10-20-23(11-16)30(14-18-6-8-19(32-4)9-7-18)24(31)25(20)12-17(2)26-21(13-25)22-15-29(3)28-27-22/h5-11,15,17,21,26H,12-14H2,1-4H3/t17-,21-,25-/m0/s1. The van der Waals surface area contributed by atoms with Crippen molar-refractivity contribution in [1.29, 1.82) is 0 Å². The van der Waals surface area contributed by atoms with Gasteiger partial charge in [-0.05, 0) is 61.6 Å². The molecule has 0 unspecified atom stereocenters. The Morgan fingerprint density at radius 1 is 1.19 bits per heavy atom. The molecule has 1 aromatic heterocycles. The molecule has 32 heavy (non-hydrogen) atoms. The summed E-state index contributed by atoms with van der Waals surface area (Å²) in [5, 5.41) is 12.1. The number of anilines is 1. The molecule has 5 rings (SSSR count). The maximum Gasteiger partial charge on any atom is 0.238 e. The molecular weight excluding hydrogens is 402 g/mol. The predicted octanol–water partition coefficient (Wildman–Crippen LogP) is 3.43. The number of hydrogen-bond donors (Lipinski definition) is 1. The SMILES string of the molecule is COc1ccc(CN2C(=O)[C@@]3(C[C@@H](c4cn(C)nn4)N[C@@H](C)C3)c3ccc(C)cc32)cc1. The summed E-state index contributed by atoms with van der Waals surface area (Å²) in [6.45, 7) is 4.77. The van der Waals surface area contributed by atoms with Crippen molar-refractivity contribution >= 4 is 11.6 Å². The average molecular weight is 432 g/mol. The Balaban J connectivity index is 1.54. The number of ether oxygens (including phenoxy) is 1. The molecule has 1 saturated heterocycles. The third-order valence-electron chi connectivity index (χ3n) is 6.78. The normalized spacial score (nSPS) is 24.8. The van der Waals surface area contributed by atoms with Crippen LogP contribution in [0.2, 0.25) is 0 Å². The number of nitrogens with one attached hydrogen (secondary N) is 1. The van der Waals surface area contributed by atoms with Gasteiger partial charge in [-0.15, -0.1) is 5.10 Å². The van der Waals surface area contributed by atoms with Gasteiger partial charge >= 0.3 is 0 Å². The van der Waals surface area contributed by atoms with E-state index in [1.807, 2.05) is 42.4 Å². The highest BCUT2D eigenvalue weighted by Gasteiger charge is 2.54. The molecular formula is C25H29N5O2. The second-order valence-electron chi connectivity index (χ2n) is 9.19. The number of aryl methyl sites for hydroxylation is 2. The molecule has 2 aliphatic heterocycles. The smallest absolute Gasteiger partial charge is 0.238 e. The second kappa shape index (κ2) is 7.74. The van der Waals surface area contributed by atoms with E-state index in [-0.39, 0.29) is 18.0 Å². The van der Waals surface area contributed by atoms with Gasteiger partial charge in [-0.25, -0.2) is 0 Å². The number of methoxy groups -OCH3 is 1. The van der Waals surface area contributed by atoms with E-state index in [2.05, 4.69) is 47.7 Å². The Hall–Kier alpha value is -3.19. The highest BCUT2D eigenvalue weighted by atomic mass is 16.5. The molecule has 7 nitrogen and oxygen atoms in total. The van der Waals surface area contributed by atoms with Crippen LogP contribution in [0.1, 0.15) is 48.2 Å². The molecule has 7 heteroatoms. The first kappa shape index (κ1) is 20.7. The lowest BCUT2D eigenvalue weighted by Crippen LogP contribution is -2.51. The first-order valence-corrected chi connectivity index (χ1v) is 11.1. The molecule has 3 heterocycles. The summed E-state index contributed by atoms with van der Waals surface area (Å²) in [4.78, 5) is 16.1. The van der Waals surface area contributed by atoms with E-state index >= 15 is 0 Å². The van der Waals surface area contributed by atoms with Gasteiger partial charge in [0.15, 0.2) is 0 Å². The number of fused-ring (bicyclic) bond motifs is 2. The molecule has 0 aliphatic carbocycles. The van der Waals surface area contributed by atoms with Crippen LogP contribution in [0.4, 0.5) is 5.69 Å². The van der Waals surface area contributed by atoms with Gasteiger partial charge in [-0.2, -0.15) is 0 Å². The largest absolute Gasteiger partial charge is 0.497 e. The number of hydrogen-bond acceptors (Lipinski definition) is 5. The van der Waals surface area contributed by atoms with Crippen LogP contribution in [-0.2, 0) is 23.8 Å². The van der Waals surface area contributed by atoms with Gasteiger partial charge in [0.05, 0.1) is 30.8 Å². The van der Waals surface area contributed by atoms with Crippen molar-refractivity contribution in [2.24, 2.45) is 7.05 Å². The average Bonchev–Trinajstić information content (AvgIpc) is 3.30. The van der Waals surface area contributed by atoms with Crippen LogP contribution in [0.3, 0.4) is 0 Å². The predicted molar refractivity (Wildman–Crippen MR) is 123 cm³/mol. The lowest BCUT2D eigenvalue weighted by atomic mass is 9.69. The first-order valence-electron chi connectivity index (χ1n) is 11.1. The van der Waals surface area contributed by atoms with Gasteiger partial charge < -0.3 is 15.0 Å². The fourth-order valence-corrected chi connectivity index (χ4v) is 5.35. The van der Waals surface area contributed by atoms with E-state index in [0.29, 0.717) is 13.0 Å². The zero-order valence-electron chi connectivity index (χ0n) is 19.0. The number of carbonyl (C=O) groups is 1. The molecule has 3 aromatic rings. The minimum absolute atomic E-state index is 0.0218. The van der Waals surface area contributed by atoms with Crippen LogP contribution in [0, 0.1) is 6.92 Å². The third kappa shape index (κ3) is 3.37. The van der Waals surface area contributed by atoms with Gasteiger partial charge in [-0.3, -0.25) is 9.48 Å². The van der Waals surface area contributed by atoms with Crippen LogP contribution in [-0.4, -0.2) is 34.1 Å². The first-order chi connectivity index (χ1) is 15.4. The van der Waals surface area contributed by atoms with Crippen molar-refractivity contribution in [1.82, 2.24) is 20.3 Å². The van der Waals surface area contributed by atoms with Crippen LogP contribution >= 0.6 is 0 Å². The topological polar surface area (TPSA) is 72.3 Å². The number of benzene rings is 2. The number of aromatic nitrogens is 3. The molecule has 0 radical (unpaired) electrons. The molecule has 166 valence electrons. The van der Waals surface area contributed by atoms with E-state index in [0.717, 1.165) is 40.2 Å². The Kier molecular flexibility index (Phi) is 5.01. The fraction of sp³-hybridized carbons (Fsp3) is 0.400. The maximum absolute atomic E-state index is 14.1. The summed E-state index contributed by atoms with van der Waals surface area (Å²) in [5.74, 6) is 0.990. The van der Waals surface area contributed by atoms with Crippen molar-refractivity contribution in [3.8, 4) is 5.75 Å². The molecule has 1 amide bonds. The molecule has 1 spiro atoms. The van der Waals surface area contributed by atoms with Gasteiger partial charge in [0.1, 0.15) is 5.75 Å². The molecule has 1 N–H and O–H groups in total. The van der Waals surface area contributed by atoms with Gasteiger partial charge in [-0.1, -0.05) is 29.5 Å². The highest BCUT2D eigenvalue weighted by molar-refractivity contribution is 6.08. The zero-order chi connectivity index (χ0) is 22.5. The van der Waals surface area contributed by atoms with Gasteiger partial charge in [0, 0.05) is 25.0 Å². The number of carbonyl (C=O) groups excluding carboxylic acids is 1. The van der Waals surface area contributed by atoms with E-state index in [4.69, 9.17) is 4.74 Å². The summed E-state index contributed by atoms with van der Waals surface area (Å²) in [5.41, 5.74) is 4.70. The quantitative estimate of drug-likeness (QED) is 0.685. The molecule has 1 fully saturated rings. The van der Waals surface area contributed by atoms with Gasteiger partial charge in [0.25, 0.3) is 0 Å². The summed E-state index contributed by atoms with van der Waals surface area (Å²) in [7, 11) is 3.53. The van der Waals surface area contributed by atoms with Crippen LogP contribution in [0.5, 0.6) is 5.75 Å². The lowest BCUT2D eigenvalue weighted by molar-refractivity contribution is -0.125. The molecule has 2 aromatic carbocycles. The number of amides is 1. The van der Waals surface area contributed by atoms with Gasteiger partial charge in [0.2, 0.25) is 5.91 Å². The molecule has 2 aliphatic rings. The Labute approximate surface area is 188 Å². The van der Waals surface area contributed by atoms with E-state index in [1.165, 1.54) is 0 Å². The lowest BCUT2D eigenvalue weighted by Gasteiger charge is -2.40. The fourth-order valence-electron chi connectivity index (χ4n) is 5.35. The summed E-state index contributed by atoms with van der Waals surface area (Å²) in [6, 6.07) is 14.5. The summed E-state index contributed by atoms with van der Waals surface area (Å²) >= 11 is 0. The maximum atomic E-state index is 14.1. The Bertz CT molecular complexity index is 1160. The van der Waals surface area contributed by atoms with Crippen LogP contribution in [0.15, 0.2) is 48.7 Å². The summed E-state index contributed by atoms with van der Waals surface area (Å²) < 4.78 is 7.00. The number of nitrogens with zero attached hydrogens (tertiary/aromatic N) is 4. The van der Waals surface area contributed by atoms with Crippen LogP contribution in [0.25, 0.3) is 0 Å².